The van der Waals surface area contributed by atoms with E-state index in [9.17, 15) is 14.4 Å². The Balaban J connectivity index is 2.15. The number of carbonyl (C=O) groups is 3. The molecule has 1 amide bonds. The summed E-state index contributed by atoms with van der Waals surface area (Å²) in [6.45, 7) is 1.75. The third-order valence-corrected chi connectivity index (χ3v) is 5.30. The van der Waals surface area contributed by atoms with E-state index >= 15 is 0 Å². The highest BCUT2D eigenvalue weighted by molar-refractivity contribution is 6.12. The molecule has 0 aliphatic carbocycles. The van der Waals surface area contributed by atoms with Crippen molar-refractivity contribution in [2.45, 2.75) is 13.0 Å². The SMILES string of the molecule is CC(OC(N)=O)c1c(-c2c(C=O)cc(C=O)c3ccccc23)ccc2ccccc12. The zero-order chi connectivity index (χ0) is 21.3. The van der Waals surface area contributed by atoms with Gasteiger partial charge in [-0.3, -0.25) is 9.59 Å². The summed E-state index contributed by atoms with van der Waals surface area (Å²) < 4.78 is 5.33. The quantitative estimate of drug-likeness (QED) is 0.454. The van der Waals surface area contributed by atoms with E-state index in [-0.39, 0.29) is 0 Å². The normalized spacial score (nSPS) is 11.9. The van der Waals surface area contributed by atoms with Crippen LogP contribution < -0.4 is 5.73 Å². The Morgan fingerprint density at radius 1 is 0.867 bits per heavy atom. The molecule has 0 saturated carbocycles. The van der Waals surface area contributed by atoms with Crippen molar-refractivity contribution in [3.63, 3.8) is 0 Å². The molecular formula is C25H19NO4. The maximum absolute atomic E-state index is 12.0. The van der Waals surface area contributed by atoms with Gasteiger partial charge in [-0.25, -0.2) is 4.79 Å². The highest BCUT2D eigenvalue weighted by Gasteiger charge is 2.22. The molecule has 1 atom stereocenters. The number of hydrogen-bond acceptors (Lipinski definition) is 4. The van der Waals surface area contributed by atoms with Crippen molar-refractivity contribution in [1.82, 2.24) is 0 Å². The molecule has 2 N–H and O–H groups in total. The predicted molar refractivity (Wildman–Crippen MR) is 117 cm³/mol. The standard InChI is InChI=1S/C25H19NO4/c1-15(30-25(26)29)23-20-8-3-2-6-16(20)10-11-22(23)24-18(14-28)12-17(13-27)19-7-4-5-9-21(19)24/h2-15H,1H3,(H2,26,29). The lowest BCUT2D eigenvalue weighted by atomic mass is 9.85. The third-order valence-electron chi connectivity index (χ3n) is 5.30. The van der Waals surface area contributed by atoms with Crippen LogP contribution in [-0.2, 0) is 4.74 Å². The minimum Gasteiger partial charge on any atom is -0.442 e. The summed E-state index contributed by atoms with van der Waals surface area (Å²) in [5.41, 5.74) is 8.31. The summed E-state index contributed by atoms with van der Waals surface area (Å²) in [5, 5.41) is 3.38. The summed E-state index contributed by atoms with van der Waals surface area (Å²) in [6, 6.07) is 20.6. The molecule has 0 saturated heterocycles. The monoisotopic (exact) mass is 397 g/mol. The third kappa shape index (κ3) is 3.20. The van der Waals surface area contributed by atoms with Crippen LogP contribution in [0.25, 0.3) is 32.7 Å². The van der Waals surface area contributed by atoms with Gasteiger partial charge < -0.3 is 10.5 Å². The Morgan fingerprint density at radius 3 is 2.17 bits per heavy atom. The first-order valence-electron chi connectivity index (χ1n) is 9.49. The molecule has 0 aliphatic heterocycles. The Hall–Kier alpha value is -3.99. The number of ether oxygens (including phenoxy) is 1. The summed E-state index contributed by atoms with van der Waals surface area (Å²) >= 11 is 0. The smallest absolute Gasteiger partial charge is 0.405 e. The highest BCUT2D eigenvalue weighted by atomic mass is 16.6. The van der Waals surface area contributed by atoms with Gasteiger partial charge in [0, 0.05) is 22.3 Å². The molecule has 1 unspecified atom stereocenters. The second-order valence-corrected chi connectivity index (χ2v) is 7.04. The maximum Gasteiger partial charge on any atom is 0.405 e. The largest absolute Gasteiger partial charge is 0.442 e. The van der Waals surface area contributed by atoms with Crippen LogP contribution in [0.1, 0.15) is 39.3 Å². The summed E-state index contributed by atoms with van der Waals surface area (Å²) in [4.78, 5) is 35.1. The van der Waals surface area contributed by atoms with E-state index in [1.165, 1.54) is 0 Å². The van der Waals surface area contributed by atoms with Crippen molar-refractivity contribution in [2.75, 3.05) is 0 Å². The summed E-state index contributed by atoms with van der Waals surface area (Å²) in [6.07, 6.45) is -0.0298. The van der Waals surface area contributed by atoms with E-state index < -0.39 is 12.2 Å². The van der Waals surface area contributed by atoms with Crippen molar-refractivity contribution in [3.05, 3.63) is 83.4 Å². The van der Waals surface area contributed by atoms with E-state index in [2.05, 4.69) is 0 Å². The van der Waals surface area contributed by atoms with Crippen molar-refractivity contribution < 1.29 is 19.1 Å². The van der Waals surface area contributed by atoms with Crippen LogP contribution in [0.2, 0.25) is 0 Å². The zero-order valence-electron chi connectivity index (χ0n) is 16.3. The van der Waals surface area contributed by atoms with Gasteiger partial charge in [-0.15, -0.1) is 0 Å². The van der Waals surface area contributed by atoms with E-state index in [1.807, 2.05) is 60.7 Å². The Morgan fingerprint density at radius 2 is 1.50 bits per heavy atom. The van der Waals surface area contributed by atoms with E-state index in [4.69, 9.17) is 10.5 Å². The van der Waals surface area contributed by atoms with Crippen molar-refractivity contribution >= 4 is 40.2 Å². The number of carbonyl (C=O) groups excluding carboxylic acids is 3. The fraction of sp³-hybridized carbons (Fsp3) is 0.0800. The van der Waals surface area contributed by atoms with Crippen LogP contribution in [0.15, 0.2) is 66.7 Å². The van der Waals surface area contributed by atoms with Gasteiger partial charge >= 0.3 is 6.09 Å². The number of aldehydes is 2. The lowest BCUT2D eigenvalue weighted by molar-refractivity contribution is 0.112. The van der Waals surface area contributed by atoms with E-state index in [1.54, 1.807) is 13.0 Å². The molecule has 4 aromatic carbocycles. The van der Waals surface area contributed by atoms with E-state index in [0.29, 0.717) is 16.7 Å². The number of nitrogens with two attached hydrogens (primary N) is 1. The van der Waals surface area contributed by atoms with Gasteiger partial charge in [0.05, 0.1) is 0 Å². The predicted octanol–water partition coefficient (Wildman–Crippen LogP) is 5.44. The van der Waals surface area contributed by atoms with Gasteiger partial charge in [0.25, 0.3) is 0 Å². The molecule has 0 spiro atoms. The molecule has 148 valence electrons. The second kappa shape index (κ2) is 7.79. The summed E-state index contributed by atoms with van der Waals surface area (Å²) in [5.74, 6) is 0. The minimum absolute atomic E-state index is 0.388. The number of hydrogen-bond donors (Lipinski definition) is 1. The molecule has 0 radical (unpaired) electrons. The van der Waals surface area contributed by atoms with Crippen LogP contribution in [0.4, 0.5) is 4.79 Å². The molecule has 4 aromatic rings. The Labute approximate surface area is 173 Å². The number of fused-ring (bicyclic) bond motifs is 2. The molecule has 0 fully saturated rings. The Bertz CT molecular complexity index is 1310. The molecule has 30 heavy (non-hydrogen) atoms. The molecule has 0 aromatic heterocycles. The summed E-state index contributed by atoms with van der Waals surface area (Å²) in [7, 11) is 0. The van der Waals surface area contributed by atoms with Crippen LogP contribution in [-0.4, -0.2) is 18.7 Å². The average molecular weight is 397 g/mol. The lowest BCUT2D eigenvalue weighted by Gasteiger charge is -2.21. The fourth-order valence-electron chi connectivity index (χ4n) is 4.10. The van der Waals surface area contributed by atoms with Crippen LogP contribution in [0.3, 0.4) is 0 Å². The number of benzene rings is 4. The van der Waals surface area contributed by atoms with Gasteiger partial charge in [-0.2, -0.15) is 0 Å². The van der Waals surface area contributed by atoms with Gasteiger partial charge in [-0.05, 0) is 40.1 Å². The second-order valence-electron chi connectivity index (χ2n) is 7.04. The Kier molecular flexibility index (Phi) is 5.02. The van der Waals surface area contributed by atoms with Crippen molar-refractivity contribution in [1.29, 1.82) is 0 Å². The first-order chi connectivity index (χ1) is 14.5. The molecule has 0 heterocycles. The van der Waals surface area contributed by atoms with Gasteiger partial charge in [0.1, 0.15) is 6.10 Å². The fourth-order valence-corrected chi connectivity index (χ4v) is 4.10. The minimum atomic E-state index is -0.877. The van der Waals surface area contributed by atoms with Crippen LogP contribution >= 0.6 is 0 Å². The topological polar surface area (TPSA) is 86.5 Å². The lowest BCUT2D eigenvalue weighted by Crippen LogP contribution is -2.16. The molecule has 4 rings (SSSR count). The molecule has 0 aliphatic rings. The van der Waals surface area contributed by atoms with Gasteiger partial charge in [-0.1, -0.05) is 60.7 Å². The number of primary amides is 1. The van der Waals surface area contributed by atoms with Crippen molar-refractivity contribution in [2.24, 2.45) is 5.73 Å². The van der Waals surface area contributed by atoms with Gasteiger partial charge in [0.15, 0.2) is 12.6 Å². The molecular weight excluding hydrogens is 378 g/mol. The zero-order valence-corrected chi connectivity index (χ0v) is 16.3. The first kappa shape index (κ1) is 19.3. The molecule has 5 nitrogen and oxygen atoms in total. The number of amides is 1. The molecule has 0 bridgehead atoms. The van der Waals surface area contributed by atoms with Gasteiger partial charge in [0.2, 0.25) is 0 Å². The van der Waals surface area contributed by atoms with E-state index in [0.717, 1.165) is 45.2 Å². The van der Waals surface area contributed by atoms with Crippen molar-refractivity contribution in [3.8, 4) is 11.1 Å². The first-order valence-corrected chi connectivity index (χ1v) is 9.49. The highest BCUT2D eigenvalue weighted by Crippen LogP contribution is 2.41. The maximum atomic E-state index is 12.0. The molecule has 5 heteroatoms. The number of rotatable bonds is 5. The van der Waals surface area contributed by atoms with Crippen LogP contribution in [0.5, 0.6) is 0 Å². The van der Waals surface area contributed by atoms with Crippen LogP contribution in [0, 0.1) is 0 Å². The average Bonchev–Trinajstić information content (AvgIpc) is 2.76.